The summed E-state index contributed by atoms with van der Waals surface area (Å²) in [5.41, 5.74) is 0.647. The fourth-order valence-electron chi connectivity index (χ4n) is 3.67. The Labute approximate surface area is 157 Å². The standard InChI is InChI=1S/C18H24N8O/c1-24-12-15-17(20-13-21-18(15)23-24)19-11-14-5-2-3-8-25(14)9-10-26-16(27)6-4-7-22-26/h4,6-7,12-14H,2-3,5,8-11H2,1H3,(H,19,20,21,23). The number of rotatable bonds is 6. The normalized spacial score (nSPS) is 18.0. The molecule has 1 fully saturated rings. The van der Waals surface area contributed by atoms with Gasteiger partial charge in [-0.15, -0.1) is 0 Å². The molecule has 0 bridgehead atoms. The maximum Gasteiger partial charge on any atom is 0.266 e. The minimum Gasteiger partial charge on any atom is -0.368 e. The van der Waals surface area contributed by atoms with Gasteiger partial charge in [-0.05, 0) is 25.5 Å². The highest BCUT2D eigenvalue weighted by atomic mass is 16.1. The van der Waals surface area contributed by atoms with Crippen molar-refractivity contribution in [1.29, 1.82) is 0 Å². The van der Waals surface area contributed by atoms with Gasteiger partial charge in [-0.3, -0.25) is 14.4 Å². The molecule has 142 valence electrons. The first kappa shape index (κ1) is 17.6. The zero-order chi connectivity index (χ0) is 18.6. The average Bonchev–Trinajstić information content (AvgIpc) is 3.07. The summed E-state index contributed by atoms with van der Waals surface area (Å²) in [6.45, 7) is 3.27. The van der Waals surface area contributed by atoms with E-state index >= 15 is 0 Å². The quantitative estimate of drug-likeness (QED) is 0.690. The minimum absolute atomic E-state index is 0.0517. The van der Waals surface area contributed by atoms with Crippen LogP contribution in [0.1, 0.15) is 19.3 Å². The van der Waals surface area contributed by atoms with Crippen molar-refractivity contribution >= 4 is 16.9 Å². The van der Waals surface area contributed by atoms with Gasteiger partial charge in [0.2, 0.25) is 0 Å². The summed E-state index contributed by atoms with van der Waals surface area (Å²) in [6.07, 6.45) is 8.68. The van der Waals surface area contributed by atoms with Crippen molar-refractivity contribution in [2.75, 3.05) is 25.0 Å². The van der Waals surface area contributed by atoms with Gasteiger partial charge in [0.05, 0.1) is 11.9 Å². The molecule has 3 aromatic heterocycles. The van der Waals surface area contributed by atoms with Crippen molar-refractivity contribution in [1.82, 2.24) is 34.4 Å². The van der Waals surface area contributed by atoms with Crippen LogP contribution in [0.25, 0.3) is 11.0 Å². The van der Waals surface area contributed by atoms with Crippen molar-refractivity contribution in [3.8, 4) is 0 Å². The molecule has 1 atom stereocenters. The maximum absolute atomic E-state index is 11.9. The molecular weight excluding hydrogens is 344 g/mol. The van der Waals surface area contributed by atoms with Gasteiger partial charge in [0.15, 0.2) is 5.65 Å². The largest absolute Gasteiger partial charge is 0.368 e. The molecule has 4 heterocycles. The molecule has 0 saturated carbocycles. The molecule has 9 nitrogen and oxygen atoms in total. The summed E-state index contributed by atoms with van der Waals surface area (Å²) in [5, 5.41) is 12.9. The third kappa shape index (κ3) is 3.97. The Morgan fingerprint density at radius 2 is 2.19 bits per heavy atom. The lowest BCUT2D eigenvalue weighted by Crippen LogP contribution is -2.45. The second kappa shape index (κ2) is 7.83. The number of anilines is 1. The van der Waals surface area contributed by atoms with Gasteiger partial charge in [0, 0.05) is 44.6 Å². The van der Waals surface area contributed by atoms with E-state index in [9.17, 15) is 4.79 Å². The lowest BCUT2D eigenvalue weighted by Gasteiger charge is -2.35. The number of hydrogen-bond donors (Lipinski definition) is 1. The van der Waals surface area contributed by atoms with Crippen molar-refractivity contribution in [3.05, 3.63) is 41.2 Å². The van der Waals surface area contributed by atoms with E-state index in [1.807, 2.05) is 13.2 Å². The molecule has 4 rings (SSSR count). The zero-order valence-electron chi connectivity index (χ0n) is 15.5. The molecule has 1 aliphatic heterocycles. The lowest BCUT2D eigenvalue weighted by molar-refractivity contribution is 0.148. The molecule has 27 heavy (non-hydrogen) atoms. The molecule has 0 aliphatic carbocycles. The molecule has 1 aliphatic rings. The number of hydrogen-bond acceptors (Lipinski definition) is 7. The highest BCUT2D eigenvalue weighted by molar-refractivity contribution is 5.85. The van der Waals surface area contributed by atoms with Gasteiger partial charge in [0.1, 0.15) is 12.1 Å². The predicted molar refractivity (Wildman–Crippen MR) is 103 cm³/mol. The first-order valence-electron chi connectivity index (χ1n) is 9.35. The number of nitrogens with one attached hydrogen (secondary N) is 1. The number of aryl methyl sites for hydroxylation is 1. The first-order chi connectivity index (χ1) is 13.2. The number of nitrogens with zero attached hydrogens (tertiary/aromatic N) is 7. The van der Waals surface area contributed by atoms with Crippen LogP contribution in [-0.2, 0) is 13.6 Å². The fourth-order valence-corrected chi connectivity index (χ4v) is 3.67. The Kier molecular flexibility index (Phi) is 5.10. The molecule has 3 aromatic rings. The van der Waals surface area contributed by atoms with Crippen molar-refractivity contribution in [2.45, 2.75) is 31.8 Å². The van der Waals surface area contributed by atoms with Gasteiger partial charge < -0.3 is 5.32 Å². The molecule has 9 heteroatoms. The topological polar surface area (TPSA) is 93.8 Å². The van der Waals surface area contributed by atoms with Crippen molar-refractivity contribution in [3.63, 3.8) is 0 Å². The third-order valence-electron chi connectivity index (χ3n) is 5.07. The van der Waals surface area contributed by atoms with Crippen molar-refractivity contribution < 1.29 is 0 Å². The summed E-state index contributed by atoms with van der Waals surface area (Å²) < 4.78 is 3.28. The fraction of sp³-hybridized carbons (Fsp3) is 0.500. The van der Waals surface area contributed by atoms with Gasteiger partial charge in [-0.2, -0.15) is 10.2 Å². The molecule has 0 radical (unpaired) electrons. The smallest absolute Gasteiger partial charge is 0.266 e. The second-order valence-corrected chi connectivity index (χ2v) is 6.91. The van der Waals surface area contributed by atoms with Crippen LogP contribution in [0.3, 0.4) is 0 Å². The van der Waals surface area contributed by atoms with E-state index in [1.54, 1.807) is 29.3 Å². The molecule has 1 N–H and O–H groups in total. The van der Waals surface area contributed by atoms with Crippen LogP contribution in [0, 0.1) is 0 Å². The summed E-state index contributed by atoms with van der Waals surface area (Å²) in [7, 11) is 1.88. The van der Waals surface area contributed by atoms with Crippen LogP contribution < -0.4 is 10.9 Å². The Bertz CT molecular complexity index is 965. The third-order valence-corrected chi connectivity index (χ3v) is 5.07. The van der Waals surface area contributed by atoms with Gasteiger partial charge in [0.25, 0.3) is 5.56 Å². The SMILES string of the molecule is Cn1cc2c(NCC3CCCCN3CCn3ncccc3=O)ncnc2n1. The van der Waals surface area contributed by atoms with Crippen LogP contribution >= 0.6 is 0 Å². The van der Waals surface area contributed by atoms with E-state index in [2.05, 4.69) is 30.4 Å². The Balaban J connectivity index is 1.41. The number of fused-ring (bicyclic) bond motifs is 1. The van der Waals surface area contributed by atoms with Crippen LogP contribution in [0.15, 0.2) is 35.6 Å². The minimum atomic E-state index is -0.0517. The van der Waals surface area contributed by atoms with E-state index in [4.69, 9.17) is 0 Å². The molecule has 0 spiro atoms. The number of piperidine rings is 1. The maximum atomic E-state index is 11.9. The van der Waals surface area contributed by atoms with Crippen LogP contribution in [-0.4, -0.2) is 60.1 Å². The zero-order valence-corrected chi connectivity index (χ0v) is 15.5. The summed E-state index contributed by atoms with van der Waals surface area (Å²) in [4.78, 5) is 22.9. The number of likely N-dealkylation sites (tertiary alicyclic amines) is 1. The van der Waals surface area contributed by atoms with Crippen LogP contribution in [0.4, 0.5) is 5.82 Å². The van der Waals surface area contributed by atoms with Crippen LogP contribution in [0.2, 0.25) is 0 Å². The van der Waals surface area contributed by atoms with Gasteiger partial charge in [-0.25, -0.2) is 14.6 Å². The number of aromatic nitrogens is 6. The molecule has 1 unspecified atom stereocenters. The summed E-state index contributed by atoms with van der Waals surface area (Å²) in [5.74, 6) is 0.819. The monoisotopic (exact) mass is 368 g/mol. The van der Waals surface area contributed by atoms with Crippen LogP contribution in [0.5, 0.6) is 0 Å². The molecule has 0 amide bonds. The summed E-state index contributed by atoms with van der Waals surface area (Å²) in [6, 6.07) is 3.63. The van der Waals surface area contributed by atoms with E-state index in [0.29, 0.717) is 18.2 Å². The second-order valence-electron chi connectivity index (χ2n) is 6.91. The highest BCUT2D eigenvalue weighted by Gasteiger charge is 2.22. The van der Waals surface area contributed by atoms with Gasteiger partial charge in [-0.1, -0.05) is 6.42 Å². The first-order valence-corrected chi connectivity index (χ1v) is 9.35. The highest BCUT2D eigenvalue weighted by Crippen LogP contribution is 2.20. The Morgan fingerprint density at radius 3 is 3.07 bits per heavy atom. The molecule has 1 saturated heterocycles. The van der Waals surface area contributed by atoms with E-state index in [0.717, 1.165) is 37.3 Å². The predicted octanol–water partition coefficient (Wildman–Crippen LogP) is 0.887. The lowest BCUT2D eigenvalue weighted by atomic mass is 10.0. The van der Waals surface area contributed by atoms with E-state index in [-0.39, 0.29) is 5.56 Å². The van der Waals surface area contributed by atoms with E-state index in [1.165, 1.54) is 17.5 Å². The average molecular weight is 368 g/mol. The van der Waals surface area contributed by atoms with Gasteiger partial charge >= 0.3 is 0 Å². The Hall–Kier alpha value is -2.81. The molecular formula is C18H24N8O. The Morgan fingerprint density at radius 1 is 1.26 bits per heavy atom. The van der Waals surface area contributed by atoms with E-state index < -0.39 is 0 Å². The van der Waals surface area contributed by atoms with Crippen molar-refractivity contribution in [2.24, 2.45) is 7.05 Å². The summed E-state index contributed by atoms with van der Waals surface area (Å²) >= 11 is 0. The molecule has 0 aromatic carbocycles.